The summed E-state index contributed by atoms with van der Waals surface area (Å²) in [4.78, 5) is 4.38. The highest BCUT2D eigenvalue weighted by molar-refractivity contribution is 6.08. The fraction of sp³-hybridized carbons (Fsp3) is 0.318. The zero-order valence-corrected chi connectivity index (χ0v) is 15.5. The lowest BCUT2D eigenvalue weighted by Gasteiger charge is -2.15. The number of amidine groups is 1. The molecule has 2 rings (SSSR count). The third-order valence-corrected chi connectivity index (χ3v) is 4.36. The molecule has 0 amide bonds. The van der Waals surface area contributed by atoms with E-state index in [0.717, 1.165) is 34.8 Å². The van der Waals surface area contributed by atoms with Crippen LogP contribution in [0.4, 0.5) is 5.69 Å². The molecule has 0 radical (unpaired) electrons. The molecule has 1 aliphatic carbocycles. The van der Waals surface area contributed by atoms with Crippen molar-refractivity contribution < 1.29 is 0 Å². The average Bonchev–Trinajstić information content (AvgIpc) is 2.60. The molecule has 3 N–H and O–H groups in total. The van der Waals surface area contributed by atoms with E-state index in [-0.39, 0.29) is 0 Å². The minimum absolute atomic E-state index is 0.758. The summed E-state index contributed by atoms with van der Waals surface area (Å²) in [5.41, 5.74) is 11.7. The van der Waals surface area contributed by atoms with Gasteiger partial charge in [-0.3, -0.25) is 4.99 Å². The summed E-state index contributed by atoms with van der Waals surface area (Å²) in [6.45, 7) is 4.13. The molecule has 0 unspecified atom stereocenters. The van der Waals surface area contributed by atoms with Gasteiger partial charge in [0.2, 0.25) is 0 Å². The number of benzene rings is 1. The fourth-order valence-corrected chi connectivity index (χ4v) is 2.64. The van der Waals surface area contributed by atoms with Crippen LogP contribution in [0.25, 0.3) is 0 Å². The lowest BCUT2D eigenvalue weighted by atomic mass is 9.92. The van der Waals surface area contributed by atoms with Gasteiger partial charge in [-0.05, 0) is 50.3 Å². The third kappa shape index (κ3) is 5.49. The quantitative estimate of drug-likeness (QED) is 0.417. The highest BCUT2D eigenvalue weighted by atomic mass is 15.0. The zero-order valence-electron chi connectivity index (χ0n) is 15.5. The first-order valence-electron chi connectivity index (χ1n) is 8.98. The van der Waals surface area contributed by atoms with E-state index in [0.29, 0.717) is 0 Å². The van der Waals surface area contributed by atoms with Gasteiger partial charge in [-0.25, -0.2) is 0 Å². The summed E-state index contributed by atoms with van der Waals surface area (Å²) < 4.78 is 0. The number of hydrogen-bond acceptors (Lipinski definition) is 2. The summed E-state index contributed by atoms with van der Waals surface area (Å²) in [6.07, 6.45) is 13.3. The molecule has 0 heterocycles. The molecular formula is C22H29N3. The first-order chi connectivity index (χ1) is 12.2. The molecule has 1 saturated carbocycles. The van der Waals surface area contributed by atoms with Crippen LogP contribution in [0.3, 0.4) is 0 Å². The molecule has 3 heteroatoms. The van der Waals surface area contributed by atoms with Crippen LogP contribution in [0.2, 0.25) is 0 Å². The maximum atomic E-state index is 6.46. The Kier molecular flexibility index (Phi) is 7.27. The summed E-state index contributed by atoms with van der Waals surface area (Å²) in [6, 6.07) is 10.0. The van der Waals surface area contributed by atoms with Crippen LogP contribution in [0.5, 0.6) is 0 Å². The molecule has 0 atom stereocenters. The van der Waals surface area contributed by atoms with Gasteiger partial charge in [-0.15, -0.1) is 0 Å². The Balaban J connectivity index is 2.20. The number of para-hydroxylation sites is 1. The van der Waals surface area contributed by atoms with Crippen LogP contribution in [0.15, 0.2) is 82.0 Å². The van der Waals surface area contributed by atoms with E-state index in [2.05, 4.69) is 41.5 Å². The predicted molar refractivity (Wildman–Crippen MR) is 110 cm³/mol. The maximum absolute atomic E-state index is 6.46. The zero-order chi connectivity index (χ0) is 18.1. The van der Waals surface area contributed by atoms with Gasteiger partial charge < -0.3 is 11.1 Å². The van der Waals surface area contributed by atoms with Crippen LogP contribution in [0, 0.1) is 0 Å². The van der Waals surface area contributed by atoms with Crippen LogP contribution in [-0.2, 0) is 0 Å². The maximum Gasteiger partial charge on any atom is 0.130 e. The standard InChI is InChI=1S/C22H29N3/c1-4-10-19(14-9-13-18-11-8-12-18)21(23)17(2)22(24-3)25-20-15-6-5-7-16-20/h5-7,9-10,13-16H,4,8,11-12,23H2,1-3H3,(H,24,25)/b14-9-,19-10+,21-17?. The van der Waals surface area contributed by atoms with E-state index in [1.165, 1.54) is 24.8 Å². The molecule has 0 saturated heterocycles. The van der Waals surface area contributed by atoms with Gasteiger partial charge in [0, 0.05) is 24.0 Å². The smallest absolute Gasteiger partial charge is 0.130 e. The van der Waals surface area contributed by atoms with Crippen molar-refractivity contribution >= 4 is 11.5 Å². The molecule has 1 aromatic carbocycles. The number of anilines is 1. The number of hydrogen-bond donors (Lipinski definition) is 2. The van der Waals surface area contributed by atoms with Gasteiger partial charge in [-0.1, -0.05) is 55.0 Å². The Labute approximate surface area is 151 Å². The van der Waals surface area contributed by atoms with E-state index < -0.39 is 0 Å². The lowest BCUT2D eigenvalue weighted by molar-refractivity contribution is 0.663. The lowest BCUT2D eigenvalue weighted by Crippen LogP contribution is -2.18. The Morgan fingerprint density at radius 2 is 1.96 bits per heavy atom. The van der Waals surface area contributed by atoms with Crippen molar-refractivity contribution in [3.05, 3.63) is 77.1 Å². The van der Waals surface area contributed by atoms with Gasteiger partial charge in [0.25, 0.3) is 0 Å². The van der Waals surface area contributed by atoms with Crippen LogP contribution < -0.4 is 11.1 Å². The number of nitrogens with zero attached hydrogens (tertiary/aromatic N) is 1. The molecule has 1 aromatic rings. The second kappa shape index (κ2) is 9.67. The Hall–Kier alpha value is -2.55. The SMILES string of the molecule is CC/C=C(\C=C/C=C1CCC1)C(N)=C(C)C(=NC)Nc1ccccc1. The van der Waals surface area contributed by atoms with Crippen molar-refractivity contribution in [2.24, 2.45) is 10.7 Å². The molecule has 0 aliphatic heterocycles. The van der Waals surface area contributed by atoms with Crippen LogP contribution in [-0.4, -0.2) is 12.9 Å². The molecule has 3 nitrogen and oxygen atoms in total. The predicted octanol–water partition coefficient (Wildman–Crippen LogP) is 5.36. The van der Waals surface area contributed by atoms with Crippen LogP contribution in [0.1, 0.15) is 39.5 Å². The Morgan fingerprint density at radius 1 is 1.24 bits per heavy atom. The van der Waals surface area contributed by atoms with Crippen molar-refractivity contribution in [2.75, 3.05) is 12.4 Å². The fourth-order valence-electron chi connectivity index (χ4n) is 2.64. The van der Waals surface area contributed by atoms with Crippen LogP contribution >= 0.6 is 0 Å². The largest absolute Gasteiger partial charge is 0.398 e. The third-order valence-electron chi connectivity index (χ3n) is 4.36. The molecule has 1 fully saturated rings. The topological polar surface area (TPSA) is 50.4 Å². The van der Waals surface area contributed by atoms with E-state index >= 15 is 0 Å². The van der Waals surface area contributed by atoms with Gasteiger partial charge in [-0.2, -0.15) is 0 Å². The molecular weight excluding hydrogens is 306 g/mol. The Morgan fingerprint density at radius 3 is 2.52 bits per heavy atom. The van der Waals surface area contributed by atoms with Crippen molar-refractivity contribution in [3.8, 4) is 0 Å². The summed E-state index contributed by atoms with van der Waals surface area (Å²) in [7, 11) is 1.78. The number of nitrogens with one attached hydrogen (secondary N) is 1. The summed E-state index contributed by atoms with van der Waals surface area (Å²) in [5, 5.41) is 3.35. The monoisotopic (exact) mass is 335 g/mol. The normalized spacial score (nSPS) is 16.5. The molecule has 132 valence electrons. The molecule has 0 spiro atoms. The van der Waals surface area contributed by atoms with E-state index in [1.807, 2.05) is 37.3 Å². The minimum Gasteiger partial charge on any atom is -0.398 e. The Bertz CT molecular complexity index is 713. The number of rotatable bonds is 6. The number of nitrogens with two attached hydrogens (primary N) is 1. The molecule has 0 aromatic heterocycles. The number of allylic oxidation sites excluding steroid dienone is 5. The number of aliphatic imine (C=N–C) groups is 1. The second-order valence-electron chi connectivity index (χ2n) is 6.21. The molecule has 0 bridgehead atoms. The van der Waals surface area contributed by atoms with Gasteiger partial charge in [0.05, 0.1) is 0 Å². The van der Waals surface area contributed by atoms with Gasteiger partial charge in [0.15, 0.2) is 0 Å². The average molecular weight is 335 g/mol. The minimum atomic E-state index is 0.758. The van der Waals surface area contributed by atoms with Gasteiger partial charge in [0.1, 0.15) is 5.84 Å². The highest BCUT2D eigenvalue weighted by Gasteiger charge is 2.09. The van der Waals surface area contributed by atoms with Crippen molar-refractivity contribution in [1.29, 1.82) is 0 Å². The summed E-state index contributed by atoms with van der Waals surface area (Å²) >= 11 is 0. The first-order valence-corrected chi connectivity index (χ1v) is 8.98. The van der Waals surface area contributed by atoms with Crippen molar-refractivity contribution in [2.45, 2.75) is 39.5 Å². The van der Waals surface area contributed by atoms with Crippen molar-refractivity contribution in [3.63, 3.8) is 0 Å². The van der Waals surface area contributed by atoms with E-state index in [4.69, 9.17) is 5.73 Å². The van der Waals surface area contributed by atoms with E-state index in [9.17, 15) is 0 Å². The summed E-state index contributed by atoms with van der Waals surface area (Å²) in [5.74, 6) is 0.788. The highest BCUT2D eigenvalue weighted by Crippen LogP contribution is 2.25. The van der Waals surface area contributed by atoms with E-state index in [1.54, 1.807) is 7.05 Å². The molecule has 1 aliphatic rings. The first kappa shape index (κ1) is 18.8. The van der Waals surface area contributed by atoms with Gasteiger partial charge >= 0.3 is 0 Å². The molecule has 25 heavy (non-hydrogen) atoms. The second-order valence-corrected chi connectivity index (χ2v) is 6.21. The van der Waals surface area contributed by atoms with Crippen molar-refractivity contribution in [1.82, 2.24) is 0 Å².